The van der Waals surface area contributed by atoms with E-state index in [1.54, 1.807) is 0 Å². The first-order valence-corrected chi connectivity index (χ1v) is 7.27. The lowest BCUT2D eigenvalue weighted by Gasteiger charge is -2.21. The van der Waals surface area contributed by atoms with Gasteiger partial charge in [-0.3, -0.25) is 0 Å². The second-order valence-corrected chi connectivity index (χ2v) is 5.46. The summed E-state index contributed by atoms with van der Waals surface area (Å²) in [5, 5.41) is 0. The highest BCUT2D eigenvalue weighted by molar-refractivity contribution is 5.66. The van der Waals surface area contributed by atoms with Crippen molar-refractivity contribution in [2.24, 2.45) is 11.7 Å². The highest BCUT2D eigenvalue weighted by Gasteiger charge is 2.04. The van der Waals surface area contributed by atoms with Crippen molar-refractivity contribution in [2.45, 2.75) is 13.3 Å². The lowest BCUT2D eigenvalue weighted by Crippen LogP contribution is -2.22. The molecule has 2 nitrogen and oxygen atoms in total. The van der Waals surface area contributed by atoms with Gasteiger partial charge in [-0.2, -0.15) is 0 Å². The number of hydrogen-bond acceptors (Lipinski definition) is 2. The van der Waals surface area contributed by atoms with Crippen LogP contribution in [-0.2, 0) is 0 Å². The molecule has 0 spiro atoms. The van der Waals surface area contributed by atoms with Crippen molar-refractivity contribution in [3.8, 4) is 11.1 Å². The molecule has 0 saturated heterocycles. The van der Waals surface area contributed by atoms with E-state index < -0.39 is 0 Å². The summed E-state index contributed by atoms with van der Waals surface area (Å²) < 4.78 is 0. The van der Waals surface area contributed by atoms with Crippen LogP contribution >= 0.6 is 0 Å². The average molecular weight is 268 g/mol. The minimum absolute atomic E-state index is 0.584. The summed E-state index contributed by atoms with van der Waals surface area (Å²) in [7, 11) is 2.14. The first kappa shape index (κ1) is 14.6. The van der Waals surface area contributed by atoms with Crippen molar-refractivity contribution in [2.75, 3.05) is 25.0 Å². The lowest BCUT2D eigenvalue weighted by atomic mass is 10.0. The Morgan fingerprint density at radius 2 is 1.55 bits per heavy atom. The topological polar surface area (TPSA) is 29.3 Å². The van der Waals surface area contributed by atoms with Gasteiger partial charge >= 0.3 is 0 Å². The maximum absolute atomic E-state index is 5.66. The van der Waals surface area contributed by atoms with E-state index in [4.69, 9.17) is 5.73 Å². The first-order chi connectivity index (χ1) is 9.70. The van der Waals surface area contributed by atoms with E-state index in [0.717, 1.165) is 19.5 Å². The lowest BCUT2D eigenvalue weighted by molar-refractivity contribution is 0.545. The molecule has 2 N–H and O–H groups in total. The zero-order chi connectivity index (χ0) is 14.4. The van der Waals surface area contributed by atoms with Gasteiger partial charge in [0.1, 0.15) is 0 Å². The largest absolute Gasteiger partial charge is 0.375 e. The summed E-state index contributed by atoms with van der Waals surface area (Å²) >= 11 is 0. The molecule has 0 aromatic heterocycles. The molecule has 2 heteroatoms. The van der Waals surface area contributed by atoms with Crippen LogP contribution < -0.4 is 10.6 Å². The Kier molecular flexibility index (Phi) is 5.19. The predicted octanol–water partition coefficient (Wildman–Crippen LogP) is 3.77. The van der Waals surface area contributed by atoms with Crippen LogP contribution in [0.3, 0.4) is 0 Å². The minimum Gasteiger partial charge on any atom is -0.375 e. The summed E-state index contributed by atoms with van der Waals surface area (Å²) in [6, 6.07) is 19.2. The van der Waals surface area contributed by atoms with E-state index in [9.17, 15) is 0 Å². The standard InChI is InChI=1S/C18H24N2/c1-15(14-19)12-13-20(2)18-10-8-17(9-11-18)16-6-4-3-5-7-16/h3-11,15H,12-14,19H2,1-2H3. The fraction of sp³-hybridized carbons (Fsp3) is 0.333. The van der Waals surface area contributed by atoms with Gasteiger partial charge in [-0.25, -0.2) is 0 Å². The molecule has 2 aromatic rings. The van der Waals surface area contributed by atoms with Crippen LogP contribution in [0.15, 0.2) is 54.6 Å². The molecule has 0 bridgehead atoms. The maximum atomic E-state index is 5.66. The van der Waals surface area contributed by atoms with Crippen molar-refractivity contribution in [3.05, 3.63) is 54.6 Å². The van der Waals surface area contributed by atoms with E-state index in [1.165, 1.54) is 16.8 Å². The fourth-order valence-electron chi connectivity index (χ4n) is 2.20. The third-order valence-corrected chi connectivity index (χ3v) is 3.77. The number of benzene rings is 2. The fourth-order valence-corrected chi connectivity index (χ4v) is 2.20. The molecule has 0 aliphatic heterocycles. The summed E-state index contributed by atoms with van der Waals surface area (Å²) in [5.41, 5.74) is 9.45. The van der Waals surface area contributed by atoms with Crippen molar-refractivity contribution in [3.63, 3.8) is 0 Å². The molecule has 20 heavy (non-hydrogen) atoms. The molecule has 0 saturated carbocycles. The van der Waals surface area contributed by atoms with E-state index in [0.29, 0.717) is 5.92 Å². The SMILES string of the molecule is CC(CN)CCN(C)c1ccc(-c2ccccc2)cc1. The van der Waals surface area contributed by atoms with Crippen LogP contribution in [0.2, 0.25) is 0 Å². The summed E-state index contributed by atoms with van der Waals surface area (Å²) in [4.78, 5) is 2.29. The number of rotatable bonds is 6. The quantitative estimate of drug-likeness (QED) is 0.864. The molecule has 2 aromatic carbocycles. The van der Waals surface area contributed by atoms with Gasteiger partial charge in [0.15, 0.2) is 0 Å². The zero-order valence-corrected chi connectivity index (χ0v) is 12.4. The molecule has 0 fully saturated rings. The van der Waals surface area contributed by atoms with Crippen LogP contribution in [0.25, 0.3) is 11.1 Å². The third-order valence-electron chi connectivity index (χ3n) is 3.77. The Balaban J connectivity index is 2.01. The van der Waals surface area contributed by atoms with Crippen molar-refractivity contribution in [1.29, 1.82) is 0 Å². The van der Waals surface area contributed by atoms with Crippen LogP contribution in [0, 0.1) is 5.92 Å². The molecule has 0 aliphatic carbocycles. The molecule has 1 unspecified atom stereocenters. The monoisotopic (exact) mass is 268 g/mol. The Bertz CT molecular complexity index is 505. The van der Waals surface area contributed by atoms with Crippen molar-refractivity contribution >= 4 is 5.69 Å². The first-order valence-electron chi connectivity index (χ1n) is 7.27. The van der Waals surface area contributed by atoms with E-state index in [2.05, 4.69) is 67.4 Å². The summed E-state index contributed by atoms with van der Waals surface area (Å²) in [5.74, 6) is 0.584. The number of hydrogen-bond donors (Lipinski definition) is 1. The van der Waals surface area contributed by atoms with E-state index >= 15 is 0 Å². The molecule has 2 rings (SSSR count). The van der Waals surface area contributed by atoms with Gasteiger partial charge in [-0.05, 0) is 42.1 Å². The number of nitrogens with zero attached hydrogens (tertiary/aromatic N) is 1. The molecule has 0 aliphatic rings. The molecule has 1 atom stereocenters. The average Bonchev–Trinajstić information content (AvgIpc) is 2.53. The van der Waals surface area contributed by atoms with Crippen LogP contribution in [-0.4, -0.2) is 20.1 Å². The van der Waals surface area contributed by atoms with Gasteiger partial charge in [0, 0.05) is 19.3 Å². The second-order valence-electron chi connectivity index (χ2n) is 5.46. The van der Waals surface area contributed by atoms with Gasteiger partial charge in [0.2, 0.25) is 0 Å². The number of anilines is 1. The molecule has 106 valence electrons. The Labute approximate surface area is 122 Å². The molecule has 0 radical (unpaired) electrons. The highest BCUT2D eigenvalue weighted by Crippen LogP contribution is 2.22. The van der Waals surface area contributed by atoms with Crippen LogP contribution in [0.4, 0.5) is 5.69 Å². The Morgan fingerprint density at radius 3 is 2.15 bits per heavy atom. The molecular formula is C18H24N2. The molecule has 0 amide bonds. The number of nitrogens with two attached hydrogens (primary N) is 1. The minimum atomic E-state index is 0.584. The smallest absolute Gasteiger partial charge is 0.0364 e. The van der Waals surface area contributed by atoms with Gasteiger partial charge < -0.3 is 10.6 Å². The van der Waals surface area contributed by atoms with Crippen molar-refractivity contribution < 1.29 is 0 Å². The third kappa shape index (κ3) is 3.84. The van der Waals surface area contributed by atoms with E-state index in [1.807, 2.05) is 6.07 Å². The van der Waals surface area contributed by atoms with Gasteiger partial charge in [0.05, 0.1) is 0 Å². The summed E-state index contributed by atoms with van der Waals surface area (Å²) in [6.07, 6.45) is 1.13. The van der Waals surface area contributed by atoms with Gasteiger partial charge in [-0.15, -0.1) is 0 Å². The summed E-state index contributed by atoms with van der Waals surface area (Å²) in [6.45, 7) is 4.01. The van der Waals surface area contributed by atoms with Crippen LogP contribution in [0.1, 0.15) is 13.3 Å². The Morgan fingerprint density at radius 1 is 0.950 bits per heavy atom. The van der Waals surface area contributed by atoms with Gasteiger partial charge in [0.25, 0.3) is 0 Å². The highest BCUT2D eigenvalue weighted by atomic mass is 15.1. The van der Waals surface area contributed by atoms with E-state index in [-0.39, 0.29) is 0 Å². The molecular weight excluding hydrogens is 244 g/mol. The maximum Gasteiger partial charge on any atom is 0.0364 e. The normalized spacial score (nSPS) is 12.2. The van der Waals surface area contributed by atoms with Gasteiger partial charge in [-0.1, -0.05) is 49.4 Å². The second kappa shape index (κ2) is 7.11. The zero-order valence-electron chi connectivity index (χ0n) is 12.4. The predicted molar refractivity (Wildman–Crippen MR) is 88.0 cm³/mol. The van der Waals surface area contributed by atoms with Crippen molar-refractivity contribution in [1.82, 2.24) is 0 Å². The Hall–Kier alpha value is -1.80. The molecule has 0 heterocycles. The van der Waals surface area contributed by atoms with Crippen LogP contribution in [0.5, 0.6) is 0 Å².